The highest BCUT2D eigenvalue weighted by atomic mass is 16.5. The van der Waals surface area contributed by atoms with Crippen LogP contribution >= 0.6 is 0 Å². The van der Waals surface area contributed by atoms with Crippen molar-refractivity contribution in [3.63, 3.8) is 0 Å². The highest BCUT2D eigenvalue weighted by Crippen LogP contribution is 2.31. The molecule has 5 nitrogen and oxygen atoms in total. The lowest BCUT2D eigenvalue weighted by Gasteiger charge is -2.17. The second kappa shape index (κ2) is 7.21. The van der Waals surface area contributed by atoms with Gasteiger partial charge >= 0.3 is 0 Å². The number of aromatic nitrogens is 3. The van der Waals surface area contributed by atoms with Crippen molar-refractivity contribution < 1.29 is 4.52 Å². The summed E-state index contributed by atoms with van der Waals surface area (Å²) >= 11 is 0. The lowest BCUT2D eigenvalue weighted by atomic mass is 10.1. The Morgan fingerprint density at radius 3 is 2.52 bits per heavy atom. The van der Waals surface area contributed by atoms with E-state index in [9.17, 15) is 0 Å². The highest BCUT2D eigenvalue weighted by Gasteiger charge is 2.20. The quantitative estimate of drug-likeness (QED) is 0.681. The van der Waals surface area contributed by atoms with E-state index in [1.165, 1.54) is 38.5 Å². The molecule has 3 aromatic rings. The van der Waals surface area contributed by atoms with E-state index in [1.807, 2.05) is 30.3 Å². The number of hydrogen-bond donors (Lipinski definition) is 1. The fourth-order valence-electron chi connectivity index (χ4n) is 3.54. The second-order valence-corrected chi connectivity index (χ2v) is 6.75. The first-order valence-corrected chi connectivity index (χ1v) is 9.33. The lowest BCUT2D eigenvalue weighted by molar-refractivity contribution is 0.458. The minimum absolute atomic E-state index is 0.454. The minimum Gasteiger partial charge on any atom is -0.364 e. The Hall–Kier alpha value is -2.43. The number of rotatable bonds is 4. The van der Waals surface area contributed by atoms with Crippen LogP contribution in [-0.2, 0) is 6.42 Å². The summed E-state index contributed by atoms with van der Waals surface area (Å²) in [5.74, 6) is 1.62. The molecule has 0 saturated heterocycles. The molecule has 1 aromatic carbocycles. The summed E-state index contributed by atoms with van der Waals surface area (Å²) in [5, 5.41) is 7.91. The predicted molar refractivity (Wildman–Crippen MR) is 99.5 cm³/mol. The largest absolute Gasteiger partial charge is 0.364 e. The van der Waals surface area contributed by atoms with Crippen molar-refractivity contribution in [3.05, 3.63) is 36.2 Å². The first-order chi connectivity index (χ1) is 12.3. The summed E-state index contributed by atoms with van der Waals surface area (Å²) in [7, 11) is 0. The Morgan fingerprint density at radius 1 is 1.04 bits per heavy atom. The average Bonchev–Trinajstić information content (AvgIpc) is 2.92. The molecule has 0 spiro atoms. The molecule has 1 aliphatic carbocycles. The topological polar surface area (TPSA) is 63.8 Å². The van der Waals surface area contributed by atoms with Crippen molar-refractivity contribution in [2.75, 3.05) is 5.32 Å². The molecule has 2 aromatic heterocycles. The molecule has 130 valence electrons. The number of aryl methyl sites for hydroxylation is 1. The minimum atomic E-state index is 0.454. The number of nitrogens with zero attached hydrogens (tertiary/aromatic N) is 3. The second-order valence-electron chi connectivity index (χ2n) is 6.75. The van der Waals surface area contributed by atoms with Crippen LogP contribution in [0.25, 0.3) is 22.4 Å². The molecule has 0 radical (unpaired) electrons. The Kier molecular flexibility index (Phi) is 4.63. The van der Waals surface area contributed by atoms with Crippen LogP contribution in [0.1, 0.15) is 51.3 Å². The molecular weight excluding hydrogens is 312 g/mol. The summed E-state index contributed by atoms with van der Waals surface area (Å²) in [5.41, 5.74) is 3.27. The molecule has 2 heterocycles. The normalized spacial score (nSPS) is 16.0. The van der Waals surface area contributed by atoms with E-state index in [-0.39, 0.29) is 0 Å². The molecule has 0 amide bonds. The molecule has 5 heteroatoms. The molecule has 0 bridgehead atoms. The fourth-order valence-corrected chi connectivity index (χ4v) is 3.54. The van der Waals surface area contributed by atoms with Crippen molar-refractivity contribution >= 4 is 16.9 Å². The SMILES string of the molecule is CCc1nc(NC2CCCCCC2)c2onc(-c3ccccc3)c2n1. The van der Waals surface area contributed by atoms with Crippen molar-refractivity contribution in [3.8, 4) is 11.3 Å². The molecule has 1 aliphatic rings. The van der Waals surface area contributed by atoms with Crippen LogP contribution in [0.15, 0.2) is 34.9 Å². The molecule has 1 N–H and O–H groups in total. The summed E-state index contributed by atoms with van der Waals surface area (Å²) < 4.78 is 5.67. The first-order valence-electron chi connectivity index (χ1n) is 9.33. The van der Waals surface area contributed by atoms with E-state index in [0.717, 1.165) is 34.8 Å². The third-order valence-electron chi connectivity index (χ3n) is 4.92. The average molecular weight is 336 g/mol. The Balaban J connectivity index is 1.75. The van der Waals surface area contributed by atoms with Gasteiger partial charge in [0.1, 0.15) is 17.0 Å². The summed E-state index contributed by atoms with van der Waals surface area (Å²) in [6.07, 6.45) is 8.38. The maximum atomic E-state index is 5.67. The van der Waals surface area contributed by atoms with Gasteiger partial charge < -0.3 is 9.84 Å². The maximum absolute atomic E-state index is 5.67. The zero-order valence-electron chi connectivity index (χ0n) is 14.7. The molecule has 1 fully saturated rings. The van der Waals surface area contributed by atoms with Crippen LogP contribution in [0.2, 0.25) is 0 Å². The van der Waals surface area contributed by atoms with Crippen molar-refractivity contribution in [1.82, 2.24) is 15.1 Å². The maximum Gasteiger partial charge on any atom is 0.228 e. The van der Waals surface area contributed by atoms with E-state index in [1.54, 1.807) is 0 Å². The summed E-state index contributed by atoms with van der Waals surface area (Å²) in [6, 6.07) is 10.5. The Labute approximate surface area is 147 Å². The number of nitrogens with one attached hydrogen (secondary N) is 1. The molecule has 0 unspecified atom stereocenters. The van der Waals surface area contributed by atoms with Gasteiger partial charge in [-0.05, 0) is 12.8 Å². The van der Waals surface area contributed by atoms with Crippen LogP contribution < -0.4 is 5.32 Å². The van der Waals surface area contributed by atoms with Gasteiger partial charge in [0.15, 0.2) is 5.82 Å². The molecule has 4 rings (SSSR count). The fraction of sp³-hybridized carbons (Fsp3) is 0.450. The van der Waals surface area contributed by atoms with Crippen molar-refractivity contribution in [1.29, 1.82) is 0 Å². The van der Waals surface area contributed by atoms with Crippen molar-refractivity contribution in [2.24, 2.45) is 0 Å². The molecule has 25 heavy (non-hydrogen) atoms. The molecule has 0 atom stereocenters. The molecule has 1 saturated carbocycles. The number of fused-ring (bicyclic) bond motifs is 1. The van der Waals surface area contributed by atoms with Crippen LogP contribution in [0.4, 0.5) is 5.82 Å². The van der Waals surface area contributed by atoms with Crippen LogP contribution in [0.5, 0.6) is 0 Å². The Bertz CT molecular complexity index is 836. The van der Waals surface area contributed by atoms with Gasteiger partial charge in [-0.15, -0.1) is 0 Å². The lowest BCUT2D eigenvalue weighted by Crippen LogP contribution is -2.19. The van der Waals surface area contributed by atoms with E-state index in [4.69, 9.17) is 14.5 Å². The number of benzene rings is 1. The third kappa shape index (κ3) is 3.36. The number of anilines is 1. The van der Waals surface area contributed by atoms with Crippen LogP contribution in [-0.4, -0.2) is 21.2 Å². The van der Waals surface area contributed by atoms with Crippen LogP contribution in [0.3, 0.4) is 0 Å². The smallest absolute Gasteiger partial charge is 0.228 e. The van der Waals surface area contributed by atoms with Gasteiger partial charge in [-0.2, -0.15) is 0 Å². The van der Waals surface area contributed by atoms with Crippen molar-refractivity contribution in [2.45, 2.75) is 57.9 Å². The van der Waals surface area contributed by atoms with Gasteiger partial charge in [0.25, 0.3) is 0 Å². The standard InChI is InChI=1S/C20H24N4O/c1-2-16-22-18-17(14-10-6-5-7-11-14)24-25-19(18)20(23-16)21-15-12-8-3-4-9-13-15/h5-7,10-11,15H,2-4,8-9,12-13H2,1H3,(H,21,22,23). The molecular formula is C20H24N4O. The van der Waals surface area contributed by atoms with Crippen LogP contribution in [0, 0.1) is 0 Å². The summed E-state index contributed by atoms with van der Waals surface area (Å²) in [4.78, 5) is 9.39. The van der Waals surface area contributed by atoms with Gasteiger partial charge in [0.05, 0.1) is 0 Å². The van der Waals surface area contributed by atoms with Gasteiger partial charge in [-0.3, -0.25) is 0 Å². The predicted octanol–water partition coefficient (Wildman–Crippen LogP) is 4.98. The van der Waals surface area contributed by atoms with Gasteiger partial charge in [-0.1, -0.05) is 68.1 Å². The zero-order valence-corrected chi connectivity index (χ0v) is 14.7. The zero-order chi connectivity index (χ0) is 17.1. The first kappa shape index (κ1) is 16.1. The van der Waals surface area contributed by atoms with E-state index in [2.05, 4.69) is 17.4 Å². The van der Waals surface area contributed by atoms with E-state index >= 15 is 0 Å². The van der Waals surface area contributed by atoms with Gasteiger partial charge in [0, 0.05) is 18.0 Å². The van der Waals surface area contributed by atoms with Gasteiger partial charge in [-0.25, -0.2) is 9.97 Å². The monoisotopic (exact) mass is 336 g/mol. The Morgan fingerprint density at radius 2 is 1.80 bits per heavy atom. The van der Waals surface area contributed by atoms with E-state index < -0.39 is 0 Å². The third-order valence-corrected chi connectivity index (χ3v) is 4.92. The molecule has 0 aliphatic heterocycles. The number of hydrogen-bond acceptors (Lipinski definition) is 5. The van der Waals surface area contributed by atoms with E-state index in [0.29, 0.717) is 11.6 Å². The summed E-state index contributed by atoms with van der Waals surface area (Å²) in [6.45, 7) is 2.08. The highest BCUT2D eigenvalue weighted by molar-refractivity contribution is 5.93. The van der Waals surface area contributed by atoms with Gasteiger partial charge in [0.2, 0.25) is 5.58 Å².